The first kappa shape index (κ1) is 15.7. The number of aromatic nitrogens is 2. The molecule has 1 atom stereocenters. The van der Waals surface area contributed by atoms with E-state index in [1.165, 1.54) is 0 Å². The molecule has 0 amide bonds. The van der Waals surface area contributed by atoms with Crippen molar-refractivity contribution >= 4 is 16.8 Å². The number of rotatable bonds is 5. The highest BCUT2D eigenvalue weighted by Crippen LogP contribution is 2.26. The van der Waals surface area contributed by atoms with E-state index in [0.29, 0.717) is 18.8 Å². The predicted molar refractivity (Wildman–Crippen MR) is 87.3 cm³/mol. The van der Waals surface area contributed by atoms with Crippen molar-refractivity contribution in [2.45, 2.75) is 47.0 Å². The number of hydrogen-bond donors (Lipinski definition) is 0. The molecule has 0 spiro atoms. The van der Waals surface area contributed by atoms with Gasteiger partial charge >= 0.3 is 0 Å². The zero-order valence-electron chi connectivity index (χ0n) is 13.8. The third-order valence-electron chi connectivity index (χ3n) is 3.77. The number of benzene rings is 1. The molecule has 2 rings (SSSR count). The van der Waals surface area contributed by atoms with Crippen LogP contribution in [0.4, 0.5) is 0 Å². The van der Waals surface area contributed by atoms with Crippen LogP contribution in [0.3, 0.4) is 0 Å². The lowest BCUT2D eigenvalue weighted by atomic mass is 9.83. The lowest BCUT2D eigenvalue weighted by Crippen LogP contribution is -2.16. The van der Waals surface area contributed by atoms with E-state index in [0.717, 1.165) is 23.3 Å². The van der Waals surface area contributed by atoms with E-state index in [1.807, 2.05) is 35.9 Å². The second-order valence-corrected chi connectivity index (χ2v) is 7.37. The summed E-state index contributed by atoms with van der Waals surface area (Å²) in [4.78, 5) is 16.9. The van der Waals surface area contributed by atoms with E-state index in [-0.39, 0.29) is 11.2 Å². The Kier molecular flexibility index (Phi) is 4.50. The van der Waals surface area contributed by atoms with Crippen molar-refractivity contribution in [2.24, 2.45) is 18.4 Å². The molecule has 0 saturated heterocycles. The molecule has 0 bridgehead atoms. The van der Waals surface area contributed by atoms with Crippen LogP contribution in [-0.4, -0.2) is 15.3 Å². The van der Waals surface area contributed by atoms with Crippen LogP contribution in [0, 0.1) is 11.3 Å². The van der Waals surface area contributed by atoms with Gasteiger partial charge in [0.15, 0.2) is 0 Å². The number of Topliss-reactive ketones (excluding diaryl/α,β-unsaturated/α-hetero) is 1. The molecule has 3 nitrogen and oxygen atoms in total. The highest BCUT2D eigenvalue weighted by Gasteiger charge is 2.19. The number of fused-ring (bicyclic) bond motifs is 1. The van der Waals surface area contributed by atoms with Gasteiger partial charge in [-0.1, -0.05) is 39.8 Å². The van der Waals surface area contributed by atoms with Gasteiger partial charge in [0.25, 0.3) is 0 Å². The summed E-state index contributed by atoms with van der Waals surface area (Å²) in [6, 6.07) is 8.01. The van der Waals surface area contributed by atoms with Crippen LogP contribution in [0.15, 0.2) is 24.3 Å². The maximum absolute atomic E-state index is 12.3. The fraction of sp³-hybridized carbons (Fsp3) is 0.556. The highest BCUT2D eigenvalue weighted by atomic mass is 16.1. The summed E-state index contributed by atoms with van der Waals surface area (Å²) >= 11 is 0. The predicted octanol–water partition coefficient (Wildman–Crippen LogP) is 4.15. The van der Waals surface area contributed by atoms with Crippen LogP contribution in [0.5, 0.6) is 0 Å². The normalized spacial score (nSPS) is 13.6. The van der Waals surface area contributed by atoms with Gasteiger partial charge in [0.1, 0.15) is 11.6 Å². The average molecular weight is 286 g/mol. The Bertz CT molecular complexity index is 634. The summed E-state index contributed by atoms with van der Waals surface area (Å²) in [7, 11) is 1.98. The van der Waals surface area contributed by atoms with Gasteiger partial charge in [-0.15, -0.1) is 0 Å². The van der Waals surface area contributed by atoms with Crippen molar-refractivity contribution in [3.05, 3.63) is 30.1 Å². The van der Waals surface area contributed by atoms with Gasteiger partial charge in [-0.05, 0) is 29.9 Å². The standard InChI is InChI=1S/C18H26N2O/c1-13(12-18(2,3)4)10-14(21)11-17-19-15-8-6-7-9-16(15)20(17)5/h6-9,13H,10-12H2,1-5H3. The van der Waals surface area contributed by atoms with Crippen LogP contribution < -0.4 is 0 Å². The second kappa shape index (κ2) is 6.00. The van der Waals surface area contributed by atoms with Gasteiger partial charge in [0.05, 0.1) is 17.5 Å². The molecule has 1 heterocycles. The van der Waals surface area contributed by atoms with Gasteiger partial charge in [0, 0.05) is 13.5 Å². The summed E-state index contributed by atoms with van der Waals surface area (Å²) in [5, 5.41) is 0. The molecule has 0 N–H and O–H groups in total. The van der Waals surface area contributed by atoms with E-state index < -0.39 is 0 Å². The number of para-hydroxylation sites is 2. The molecule has 0 radical (unpaired) electrons. The van der Waals surface area contributed by atoms with Crippen molar-refractivity contribution in [3.63, 3.8) is 0 Å². The first-order chi connectivity index (χ1) is 9.76. The SMILES string of the molecule is CC(CC(=O)Cc1nc2ccccc2n1C)CC(C)(C)C. The van der Waals surface area contributed by atoms with Crippen LogP contribution in [0.2, 0.25) is 0 Å². The number of ketones is 1. The quantitative estimate of drug-likeness (QED) is 0.827. The third-order valence-corrected chi connectivity index (χ3v) is 3.77. The summed E-state index contributed by atoms with van der Waals surface area (Å²) in [5.74, 6) is 1.57. The van der Waals surface area contributed by atoms with Crippen molar-refractivity contribution in [3.8, 4) is 0 Å². The molecular weight excluding hydrogens is 260 g/mol. The zero-order valence-corrected chi connectivity index (χ0v) is 13.8. The second-order valence-electron chi connectivity index (χ2n) is 7.37. The molecule has 21 heavy (non-hydrogen) atoms. The summed E-state index contributed by atoms with van der Waals surface area (Å²) in [6.45, 7) is 8.83. The Labute approximate surface area is 127 Å². The minimum Gasteiger partial charge on any atom is -0.331 e. The monoisotopic (exact) mass is 286 g/mol. The summed E-state index contributed by atoms with van der Waals surface area (Å²) in [5.41, 5.74) is 2.33. The number of imidazole rings is 1. The van der Waals surface area contributed by atoms with E-state index >= 15 is 0 Å². The molecule has 0 fully saturated rings. The van der Waals surface area contributed by atoms with E-state index in [1.54, 1.807) is 0 Å². The van der Waals surface area contributed by atoms with Crippen molar-refractivity contribution in [1.29, 1.82) is 0 Å². The molecular formula is C18H26N2O. The summed E-state index contributed by atoms with van der Waals surface area (Å²) < 4.78 is 2.03. The highest BCUT2D eigenvalue weighted by molar-refractivity contribution is 5.82. The topological polar surface area (TPSA) is 34.9 Å². The molecule has 0 aliphatic rings. The van der Waals surface area contributed by atoms with Gasteiger partial charge in [-0.2, -0.15) is 0 Å². The van der Waals surface area contributed by atoms with E-state index in [2.05, 4.69) is 32.7 Å². The number of carbonyl (C=O) groups excluding carboxylic acids is 1. The van der Waals surface area contributed by atoms with Crippen LogP contribution in [0.25, 0.3) is 11.0 Å². The van der Waals surface area contributed by atoms with E-state index in [9.17, 15) is 4.79 Å². The zero-order chi connectivity index (χ0) is 15.6. The Balaban J connectivity index is 2.03. The number of hydrogen-bond acceptors (Lipinski definition) is 2. The van der Waals surface area contributed by atoms with Gasteiger partial charge < -0.3 is 4.57 Å². The number of carbonyl (C=O) groups is 1. The molecule has 0 aliphatic carbocycles. The molecule has 114 valence electrons. The maximum atomic E-state index is 12.3. The Morgan fingerprint density at radius 1 is 1.29 bits per heavy atom. The summed E-state index contributed by atoms with van der Waals surface area (Å²) in [6.07, 6.45) is 2.14. The Hall–Kier alpha value is -1.64. The minimum absolute atomic E-state index is 0.275. The molecule has 0 saturated carbocycles. The van der Waals surface area contributed by atoms with Gasteiger partial charge in [-0.3, -0.25) is 4.79 Å². The van der Waals surface area contributed by atoms with E-state index in [4.69, 9.17) is 0 Å². The largest absolute Gasteiger partial charge is 0.331 e. The van der Waals surface area contributed by atoms with Crippen molar-refractivity contribution in [1.82, 2.24) is 9.55 Å². The Morgan fingerprint density at radius 3 is 2.57 bits per heavy atom. The Morgan fingerprint density at radius 2 is 1.95 bits per heavy atom. The third kappa shape index (κ3) is 4.16. The van der Waals surface area contributed by atoms with Crippen LogP contribution >= 0.6 is 0 Å². The van der Waals surface area contributed by atoms with Crippen molar-refractivity contribution < 1.29 is 4.79 Å². The maximum Gasteiger partial charge on any atom is 0.140 e. The smallest absolute Gasteiger partial charge is 0.140 e. The first-order valence-electron chi connectivity index (χ1n) is 7.68. The minimum atomic E-state index is 0.275. The van der Waals surface area contributed by atoms with Crippen molar-refractivity contribution in [2.75, 3.05) is 0 Å². The lowest BCUT2D eigenvalue weighted by Gasteiger charge is -2.22. The molecule has 1 aromatic heterocycles. The molecule has 2 aromatic rings. The molecule has 1 unspecified atom stereocenters. The number of nitrogens with zero attached hydrogens (tertiary/aromatic N) is 2. The van der Waals surface area contributed by atoms with Gasteiger partial charge in [0.2, 0.25) is 0 Å². The fourth-order valence-corrected chi connectivity index (χ4v) is 3.11. The van der Waals surface area contributed by atoms with Crippen LogP contribution in [-0.2, 0) is 18.3 Å². The first-order valence-corrected chi connectivity index (χ1v) is 7.68. The lowest BCUT2D eigenvalue weighted by molar-refractivity contribution is -0.119. The molecule has 1 aromatic carbocycles. The molecule has 3 heteroatoms. The fourth-order valence-electron chi connectivity index (χ4n) is 3.11. The van der Waals surface area contributed by atoms with Crippen LogP contribution in [0.1, 0.15) is 46.4 Å². The van der Waals surface area contributed by atoms with Gasteiger partial charge in [-0.25, -0.2) is 4.98 Å². The number of aryl methyl sites for hydroxylation is 1. The average Bonchev–Trinajstić information content (AvgIpc) is 2.64. The molecule has 0 aliphatic heterocycles.